The topological polar surface area (TPSA) is 25.2 Å². The van der Waals surface area contributed by atoms with Gasteiger partial charge in [-0.05, 0) is 41.6 Å². The first kappa shape index (κ1) is 12.7. The SMILES string of the molecule is Cc1nc(N=C(Cl)C(F)(F)F)ccc1I. The second kappa shape index (κ2) is 4.65. The second-order valence-electron chi connectivity index (χ2n) is 2.64. The lowest BCUT2D eigenvalue weighted by atomic mass is 10.4. The molecule has 82 valence electrons. The molecule has 0 fully saturated rings. The van der Waals surface area contributed by atoms with Crippen LogP contribution in [-0.2, 0) is 0 Å². The van der Waals surface area contributed by atoms with Crippen molar-refractivity contribution in [2.24, 2.45) is 4.99 Å². The molecule has 0 saturated carbocycles. The number of aliphatic imine (C=N–C) groups is 1. The Morgan fingerprint density at radius 3 is 2.53 bits per heavy atom. The van der Waals surface area contributed by atoms with Crippen LogP contribution < -0.4 is 0 Å². The molecule has 0 aliphatic carbocycles. The summed E-state index contributed by atoms with van der Waals surface area (Å²) >= 11 is 6.99. The highest BCUT2D eigenvalue weighted by atomic mass is 127. The molecule has 7 heteroatoms. The van der Waals surface area contributed by atoms with Crippen molar-refractivity contribution in [1.82, 2.24) is 4.98 Å². The Hall–Kier alpha value is -0.370. The van der Waals surface area contributed by atoms with Gasteiger partial charge in [-0.2, -0.15) is 13.2 Å². The molecule has 0 N–H and O–H groups in total. The third kappa shape index (κ3) is 3.60. The van der Waals surface area contributed by atoms with E-state index in [0.29, 0.717) is 5.69 Å². The van der Waals surface area contributed by atoms with Crippen molar-refractivity contribution in [3.05, 3.63) is 21.4 Å². The molecular formula is C8H5ClF3IN2. The number of rotatable bonds is 1. The molecule has 0 bridgehead atoms. The Morgan fingerprint density at radius 2 is 2.07 bits per heavy atom. The zero-order valence-electron chi connectivity index (χ0n) is 7.44. The summed E-state index contributed by atoms with van der Waals surface area (Å²) in [5.74, 6) is -0.0461. The Kier molecular flexibility index (Phi) is 3.93. The number of hydrogen-bond donors (Lipinski definition) is 0. The van der Waals surface area contributed by atoms with Crippen molar-refractivity contribution in [3.63, 3.8) is 0 Å². The summed E-state index contributed by atoms with van der Waals surface area (Å²) in [6.07, 6.45) is -4.62. The highest BCUT2D eigenvalue weighted by Crippen LogP contribution is 2.23. The van der Waals surface area contributed by atoms with Crippen molar-refractivity contribution >= 4 is 45.2 Å². The average Bonchev–Trinajstić information content (AvgIpc) is 2.10. The third-order valence-corrected chi connectivity index (χ3v) is 2.89. The largest absolute Gasteiger partial charge is 0.444 e. The van der Waals surface area contributed by atoms with Gasteiger partial charge in [0, 0.05) is 3.57 Å². The van der Waals surface area contributed by atoms with Gasteiger partial charge >= 0.3 is 6.18 Å². The minimum atomic E-state index is -4.62. The number of hydrogen-bond acceptors (Lipinski definition) is 2. The van der Waals surface area contributed by atoms with Crippen LogP contribution in [0.25, 0.3) is 0 Å². The lowest BCUT2D eigenvalue weighted by Gasteiger charge is -2.03. The minimum absolute atomic E-state index is 0.0461. The maximum atomic E-state index is 12.0. The molecule has 15 heavy (non-hydrogen) atoms. The van der Waals surface area contributed by atoms with Gasteiger partial charge in [0.1, 0.15) is 0 Å². The maximum Gasteiger partial charge on any atom is 0.444 e. The fourth-order valence-electron chi connectivity index (χ4n) is 0.757. The maximum absolute atomic E-state index is 12.0. The first-order valence-electron chi connectivity index (χ1n) is 3.75. The number of pyridine rings is 1. The Morgan fingerprint density at radius 1 is 1.47 bits per heavy atom. The van der Waals surface area contributed by atoms with E-state index in [0.717, 1.165) is 3.57 Å². The van der Waals surface area contributed by atoms with Gasteiger partial charge in [0.2, 0.25) is 5.17 Å². The van der Waals surface area contributed by atoms with Gasteiger partial charge < -0.3 is 0 Å². The van der Waals surface area contributed by atoms with E-state index in [1.807, 2.05) is 22.6 Å². The lowest BCUT2D eigenvalue weighted by molar-refractivity contribution is -0.0558. The number of aromatic nitrogens is 1. The molecule has 0 saturated heterocycles. The Bertz CT molecular complexity index is 403. The van der Waals surface area contributed by atoms with Crippen LogP contribution in [0.4, 0.5) is 19.0 Å². The van der Waals surface area contributed by atoms with E-state index in [-0.39, 0.29) is 5.82 Å². The van der Waals surface area contributed by atoms with Crippen LogP contribution >= 0.6 is 34.2 Å². The molecular weight excluding hydrogens is 343 g/mol. The van der Waals surface area contributed by atoms with E-state index in [1.165, 1.54) is 6.07 Å². The summed E-state index contributed by atoms with van der Waals surface area (Å²) in [6, 6.07) is 3.01. The van der Waals surface area contributed by atoms with Crippen LogP contribution in [0, 0.1) is 10.5 Å². The molecule has 0 aromatic carbocycles. The van der Waals surface area contributed by atoms with Gasteiger partial charge in [0.25, 0.3) is 0 Å². The highest BCUT2D eigenvalue weighted by molar-refractivity contribution is 14.1. The zero-order chi connectivity index (χ0) is 11.6. The highest BCUT2D eigenvalue weighted by Gasteiger charge is 2.34. The van der Waals surface area contributed by atoms with Gasteiger partial charge in [-0.25, -0.2) is 9.98 Å². The van der Waals surface area contributed by atoms with Crippen LogP contribution in [0.3, 0.4) is 0 Å². The summed E-state index contributed by atoms with van der Waals surface area (Å²) in [5.41, 5.74) is 0.614. The third-order valence-electron chi connectivity index (χ3n) is 1.45. The van der Waals surface area contributed by atoms with Crippen molar-refractivity contribution in [2.45, 2.75) is 13.1 Å². The first-order valence-corrected chi connectivity index (χ1v) is 5.21. The van der Waals surface area contributed by atoms with E-state index >= 15 is 0 Å². The monoisotopic (exact) mass is 348 g/mol. The predicted molar refractivity (Wildman–Crippen MR) is 60.7 cm³/mol. The molecule has 1 rings (SSSR count). The van der Waals surface area contributed by atoms with Crippen LogP contribution in [-0.4, -0.2) is 16.3 Å². The van der Waals surface area contributed by atoms with Gasteiger partial charge in [-0.3, -0.25) is 0 Å². The summed E-state index contributed by atoms with van der Waals surface area (Å²) in [4.78, 5) is 7.02. The summed E-state index contributed by atoms with van der Waals surface area (Å²) in [5, 5.41) is -1.42. The molecule has 0 atom stereocenters. The predicted octanol–water partition coefficient (Wildman–Crippen LogP) is 3.83. The van der Waals surface area contributed by atoms with Crippen molar-refractivity contribution in [1.29, 1.82) is 0 Å². The molecule has 0 spiro atoms. The number of nitrogens with zero attached hydrogens (tertiary/aromatic N) is 2. The summed E-state index contributed by atoms with van der Waals surface area (Å²) < 4.78 is 36.9. The molecule has 0 unspecified atom stereocenters. The fraction of sp³-hybridized carbons (Fsp3) is 0.250. The first-order chi connectivity index (χ1) is 6.80. The van der Waals surface area contributed by atoms with Gasteiger partial charge in [0.15, 0.2) is 5.82 Å². The standard InChI is InChI=1S/C8H5ClF3IN2/c1-4-5(13)2-3-6(14-4)15-7(9)8(10,11)12/h2-3H,1H3. The minimum Gasteiger partial charge on any atom is -0.233 e. The van der Waals surface area contributed by atoms with E-state index in [1.54, 1.807) is 13.0 Å². The van der Waals surface area contributed by atoms with E-state index in [4.69, 9.17) is 11.6 Å². The van der Waals surface area contributed by atoms with Crippen molar-refractivity contribution in [2.75, 3.05) is 0 Å². The molecule has 0 aliphatic heterocycles. The molecule has 1 aromatic heterocycles. The Balaban J connectivity index is 3.04. The van der Waals surface area contributed by atoms with Gasteiger partial charge in [-0.15, -0.1) is 0 Å². The quantitative estimate of drug-likeness (QED) is 0.559. The van der Waals surface area contributed by atoms with Crippen LogP contribution in [0.5, 0.6) is 0 Å². The molecule has 0 amide bonds. The average molecular weight is 348 g/mol. The van der Waals surface area contributed by atoms with Crippen molar-refractivity contribution in [3.8, 4) is 0 Å². The number of alkyl halides is 3. The van der Waals surface area contributed by atoms with Gasteiger partial charge in [0.05, 0.1) is 5.69 Å². The second-order valence-corrected chi connectivity index (χ2v) is 4.16. The molecule has 1 aromatic rings. The Labute approximate surface area is 103 Å². The summed E-state index contributed by atoms with van der Waals surface area (Å²) in [7, 11) is 0. The number of aryl methyl sites for hydroxylation is 1. The van der Waals surface area contributed by atoms with Crippen LogP contribution in [0.1, 0.15) is 5.69 Å². The fourth-order valence-corrected chi connectivity index (χ4v) is 1.14. The zero-order valence-corrected chi connectivity index (χ0v) is 10.4. The van der Waals surface area contributed by atoms with E-state index in [9.17, 15) is 13.2 Å². The number of halogens is 5. The molecule has 1 heterocycles. The van der Waals surface area contributed by atoms with Crippen LogP contribution in [0.2, 0.25) is 0 Å². The molecule has 2 nitrogen and oxygen atoms in total. The summed E-state index contributed by atoms with van der Waals surface area (Å²) in [6.45, 7) is 1.68. The van der Waals surface area contributed by atoms with Gasteiger partial charge in [-0.1, -0.05) is 11.6 Å². The normalized spacial score (nSPS) is 13.1. The molecule has 0 radical (unpaired) electrons. The van der Waals surface area contributed by atoms with E-state index in [2.05, 4.69) is 9.98 Å². The van der Waals surface area contributed by atoms with E-state index < -0.39 is 11.3 Å². The molecule has 0 aliphatic rings. The van der Waals surface area contributed by atoms with Crippen molar-refractivity contribution < 1.29 is 13.2 Å². The smallest absolute Gasteiger partial charge is 0.233 e. The lowest BCUT2D eigenvalue weighted by Crippen LogP contribution is -2.16. The van der Waals surface area contributed by atoms with Crippen LogP contribution in [0.15, 0.2) is 17.1 Å².